The lowest BCUT2D eigenvalue weighted by molar-refractivity contribution is 0.414. The predicted octanol–water partition coefficient (Wildman–Crippen LogP) is 5.35. The molecule has 0 fully saturated rings. The van der Waals surface area contributed by atoms with Crippen molar-refractivity contribution in [2.45, 2.75) is 22.3 Å². The summed E-state index contributed by atoms with van der Waals surface area (Å²) in [4.78, 5) is 0. The van der Waals surface area contributed by atoms with Gasteiger partial charge in [-0.2, -0.15) is 0 Å². The van der Waals surface area contributed by atoms with Gasteiger partial charge in [-0.25, -0.2) is 0 Å². The molecule has 0 radical (unpaired) electrons. The molecule has 0 saturated carbocycles. The SMILES string of the molecule is COc1ccc(CC(Cl)SC(Cl)Cc2ccc(OC)cc2)cc1. The van der Waals surface area contributed by atoms with E-state index in [0.717, 1.165) is 24.3 Å². The van der Waals surface area contributed by atoms with E-state index in [2.05, 4.69) is 0 Å². The zero-order valence-corrected chi connectivity index (χ0v) is 15.5. The van der Waals surface area contributed by atoms with Gasteiger partial charge in [-0.1, -0.05) is 24.3 Å². The molecule has 23 heavy (non-hydrogen) atoms. The van der Waals surface area contributed by atoms with Crippen molar-refractivity contribution < 1.29 is 9.47 Å². The van der Waals surface area contributed by atoms with Crippen molar-refractivity contribution in [2.75, 3.05) is 14.2 Å². The van der Waals surface area contributed by atoms with Crippen LogP contribution in [0.4, 0.5) is 0 Å². The average molecular weight is 371 g/mol. The number of ether oxygens (including phenoxy) is 2. The van der Waals surface area contributed by atoms with Crippen LogP contribution in [0.2, 0.25) is 0 Å². The molecule has 0 amide bonds. The quantitative estimate of drug-likeness (QED) is 0.583. The Hall–Kier alpha value is -1.03. The summed E-state index contributed by atoms with van der Waals surface area (Å²) in [5.74, 6) is 1.70. The van der Waals surface area contributed by atoms with Crippen LogP contribution in [0.15, 0.2) is 48.5 Å². The number of methoxy groups -OCH3 is 2. The van der Waals surface area contributed by atoms with Crippen molar-refractivity contribution in [3.63, 3.8) is 0 Å². The molecule has 2 atom stereocenters. The number of hydrogen-bond acceptors (Lipinski definition) is 3. The lowest BCUT2D eigenvalue weighted by atomic mass is 10.2. The monoisotopic (exact) mass is 370 g/mol. The van der Waals surface area contributed by atoms with Crippen molar-refractivity contribution in [2.24, 2.45) is 0 Å². The van der Waals surface area contributed by atoms with Crippen LogP contribution in [0.5, 0.6) is 11.5 Å². The second-order valence-corrected chi connectivity index (χ2v) is 8.04. The zero-order valence-electron chi connectivity index (χ0n) is 13.2. The minimum Gasteiger partial charge on any atom is -0.497 e. The van der Waals surface area contributed by atoms with Crippen molar-refractivity contribution in [1.29, 1.82) is 0 Å². The van der Waals surface area contributed by atoms with Crippen LogP contribution in [-0.2, 0) is 12.8 Å². The van der Waals surface area contributed by atoms with Gasteiger partial charge in [-0.3, -0.25) is 0 Å². The van der Waals surface area contributed by atoms with E-state index in [1.165, 1.54) is 11.1 Å². The summed E-state index contributed by atoms with van der Waals surface area (Å²) in [5, 5.41) is 0. The number of rotatable bonds is 8. The van der Waals surface area contributed by atoms with Gasteiger partial charge in [0.05, 0.1) is 23.6 Å². The molecule has 0 bridgehead atoms. The Morgan fingerprint density at radius 1 is 0.739 bits per heavy atom. The summed E-state index contributed by atoms with van der Waals surface area (Å²) in [6.07, 6.45) is 1.53. The molecule has 0 heterocycles. The second-order valence-electron chi connectivity index (χ2n) is 5.06. The largest absolute Gasteiger partial charge is 0.497 e. The molecule has 5 heteroatoms. The normalized spacial score (nSPS) is 13.4. The van der Waals surface area contributed by atoms with Crippen LogP contribution < -0.4 is 9.47 Å². The molecular weight excluding hydrogens is 351 g/mol. The fourth-order valence-electron chi connectivity index (χ4n) is 2.15. The minimum absolute atomic E-state index is 0.0656. The molecule has 0 spiro atoms. The minimum atomic E-state index is -0.0656. The van der Waals surface area contributed by atoms with Crippen LogP contribution >= 0.6 is 35.0 Å². The van der Waals surface area contributed by atoms with Crippen molar-refractivity contribution in [3.05, 3.63) is 59.7 Å². The third-order valence-corrected chi connectivity index (χ3v) is 5.26. The maximum absolute atomic E-state index is 6.43. The lowest BCUT2D eigenvalue weighted by Gasteiger charge is -2.14. The Morgan fingerprint density at radius 3 is 1.39 bits per heavy atom. The molecule has 2 rings (SSSR count). The lowest BCUT2D eigenvalue weighted by Crippen LogP contribution is -2.06. The highest BCUT2D eigenvalue weighted by atomic mass is 35.5. The Labute approximate surface area is 152 Å². The maximum Gasteiger partial charge on any atom is 0.118 e. The van der Waals surface area contributed by atoms with Crippen LogP contribution in [0, 0.1) is 0 Å². The van der Waals surface area contributed by atoms with Gasteiger partial charge in [0, 0.05) is 0 Å². The molecule has 0 aliphatic heterocycles. The van der Waals surface area contributed by atoms with Gasteiger partial charge in [-0.15, -0.1) is 35.0 Å². The molecule has 2 nitrogen and oxygen atoms in total. The first kappa shape index (κ1) is 18.3. The standard InChI is InChI=1S/C18H20Cl2O2S/c1-21-15-7-3-13(4-8-15)11-17(19)23-18(20)12-14-5-9-16(22-2)10-6-14/h3-10,17-18H,11-12H2,1-2H3. The third kappa shape index (κ3) is 6.17. The summed E-state index contributed by atoms with van der Waals surface area (Å²) in [7, 11) is 3.32. The molecule has 0 aromatic heterocycles. The highest BCUT2D eigenvalue weighted by Gasteiger charge is 2.14. The Kier molecular flexibility index (Phi) is 7.41. The first-order valence-corrected chi connectivity index (χ1v) is 9.11. The molecule has 0 aliphatic rings. The van der Waals surface area contributed by atoms with E-state index >= 15 is 0 Å². The molecule has 2 aromatic rings. The number of alkyl halides is 2. The van der Waals surface area contributed by atoms with Gasteiger partial charge >= 0.3 is 0 Å². The van der Waals surface area contributed by atoms with E-state index in [1.54, 1.807) is 26.0 Å². The molecule has 2 unspecified atom stereocenters. The van der Waals surface area contributed by atoms with E-state index < -0.39 is 0 Å². The number of thioether (sulfide) groups is 1. The first-order valence-electron chi connectivity index (χ1n) is 7.30. The molecular formula is C18H20Cl2O2S. The third-order valence-electron chi connectivity index (χ3n) is 3.41. The Balaban J connectivity index is 1.82. The van der Waals surface area contributed by atoms with Gasteiger partial charge in [-0.05, 0) is 48.2 Å². The Morgan fingerprint density at radius 2 is 1.09 bits per heavy atom. The van der Waals surface area contributed by atoms with E-state index in [1.807, 2.05) is 48.5 Å². The first-order chi connectivity index (χ1) is 11.1. The van der Waals surface area contributed by atoms with Gasteiger partial charge in [0.15, 0.2) is 0 Å². The second kappa shape index (κ2) is 9.31. The maximum atomic E-state index is 6.43. The number of benzene rings is 2. The summed E-state index contributed by atoms with van der Waals surface area (Å²) in [5.41, 5.74) is 2.35. The Bertz CT molecular complexity index is 533. The van der Waals surface area contributed by atoms with Gasteiger partial charge in [0.1, 0.15) is 11.5 Å². The van der Waals surface area contributed by atoms with Gasteiger partial charge in [0.25, 0.3) is 0 Å². The summed E-state index contributed by atoms with van der Waals surface area (Å²) in [6.45, 7) is 0. The number of hydrogen-bond donors (Lipinski definition) is 0. The molecule has 0 aliphatic carbocycles. The predicted molar refractivity (Wildman–Crippen MR) is 100 cm³/mol. The zero-order chi connectivity index (χ0) is 16.7. The van der Waals surface area contributed by atoms with E-state index in [9.17, 15) is 0 Å². The molecule has 124 valence electrons. The van der Waals surface area contributed by atoms with Crippen LogP contribution in [0.1, 0.15) is 11.1 Å². The van der Waals surface area contributed by atoms with Crippen LogP contribution in [0.3, 0.4) is 0 Å². The van der Waals surface area contributed by atoms with Gasteiger partial charge < -0.3 is 9.47 Å². The fraction of sp³-hybridized carbons (Fsp3) is 0.333. The smallest absolute Gasteiger partial charge is 0.118 e. The topological polar surface area (TPSA) is 18.5 Å². The van der Waals surface area contributed by atoms with Gasteiger partial charge in [0.2, 0.25) is 0 Å². The molecule has 0 saturated heterocycles. The van der Waals surface area contributed by atoms with Crippen molar-refractivity contribution >= 4 is 35.0 Å². The summed E-state index contributed by atoms with van der Waals surface area (Å²) in [6, 6.07) is 15.9. The highest BCUT2D eigenvalue weighted by molar-refractivity contribution is 8.02. The van der Waals surface area contributed by atoms with E-state index in [4.69, 9.17) is 32.7 Å². The van der Waals surface area contributed by atoms with Crippen molar-refractivity contribution in [1.82, 2.24) is 0 Å². The fourth-order valence-corrected chi connectivity index (χ4v) is 4.31. The summed E-state index contributed by atoms with van der Waals surface area (Å²) < 4.78 is 10.2. The number of halogens is 2. The average Bonchev–Trinajstić information content (AvgIpc) is 2.56. The molecule has 0 N–H and O–H groups in total. The van der Waals surface area contributed by atoms with Crippen molar-refractivity contribution in [3.8, 4) is 11.5 Å². The van der Waals surface area contributed by atoms with E-state index in [0.29, 0.717) is 0 Å². The van der Waals surface area contributed by atoms with E-state index in [-0.39, 0.29) is 9.42 Å². The molecule has 2 aromatic carbocycles. The summed E-state index contributed by atoms with van der Waals surface area (Å²) >= 11 is 14.4. The highest BCUT2D eigenvalue weighted by Crippen LogP contribution is 2.30. The van der Waals surface area contributed by atoms with Crippen LogP contribution in [-0.4, -0.2) is 23.6 Å². The van der Waals surface area contributed by atoms with Crippen LogP contribution in [0.25, 0.3) is 0 Å².